The summed E-state index contributed by atoms with van der Waals surface area (Å²) in [7, 11) is 0. The van der Waals surface area contributed by atoms with Crippen LogP contribution in [0.25, 0.3) is 0 Å². The van der Waals surface area contributed by atoms with E-state index in [0.717, 1.165) is 3.57 Å². The van der Waals surface area contributed by atoms with Gasteiger partial charge in [0, 0.05) is 16.5 Å². The van der Waals surface area contributed by atoms with E-state index in [-0.39, 0.29) is 18.9 Å². The summed E-state index contributed by atoms with van der Waals surface area (Å²) < 4.78 is 36.4. The molecule has 0 aliphatic rings. The van der Waals surface area contributed by atoms with Crippen molar-refractivity contribution in [1.82, 2.24) is 5.32 Å². The van der Waals surface area contributed by atoms with Gasteiger partial charge >= 0.3 is 6.18 Å². The Morgan fingerprint density at radius 1 is 1.22 bits per heavy atom. The third-order valence-electron chi connectivity index (χ3n) is 2.29. The number of unbranched alkanes of at least 4 members (excludes halogenated alkanes) is 1. The van der Waals surface area contributed by atoms with Crippen LogP contribution in [0.5, 0.6) is 0 Å². The van der Waals surface area contributed by atoms with Crippen LogP contribution in [0.4, 0.5) is 13.2 Å². The quantitative estimate of drug-likeness (QED) is 0.620. The molecule has 0 radical (unpaired) electrons. The van der Waals surface area contributed by atoms with Crippen molar-refractivity contribution in [3.63, 3.8) is 0 Å². The molecule has 0 saturated heterocycles. The fourth-order valence-corrected chi connectivity index (χ4v) is 2.03. The maximum Gasteiger partial charge on any atom is 0.389 e. The van der Waals surface area contributed by atoms with Gasteiger partial charge in [0.25, 0.3) is 5.91 Å². The summed E-state index contributed by atoms with van der Waals surface area (Å²) in [6.45, 7) is 0.264. The fraction of sp³-hybridized carbons (Fsp3) is 0.417. The number of alkyl halides is 3. The Bertz CT molecular complexity index is 407. The van der Waals surface area contributed by atoms with E-state index in [1.54, 1.807) is 18.2 Å². The molecule has 0 unspecified atom stereocenters. The lowest BCUT2D eigenvalue weighted by atomic mass is 10.2. The van der Waals surface area contributed by atoms with Crippen LogP contribution in [0.1, 0.15) is 29.6 Å². The van der Waals surface area contributed by atoms with Gasteiger partial charge in [-0.3, -0.25) is 4.79 Å². The molecule has 0 aromatic heterocycles. The number of nitrogens with one attached hydrogen (secondary N) is 1. The van der Waals surface area contributed by atoms with Crippen LogP contribution in [-0.2, 0) is 0 Å². The monoisotopic (exact) mass is 371 g/mol. The highest BCUT2D eigenvalue weighted by atomic mass is 127. The van der Waals surface area contributed by atoms with Crippen molar-refractivity contribution < 1.29 is 18.0 Å². The molecule has 1 aromatic rings. The fourth-order valence-electron chi connectivity index (χ4n) is 1.39. The highest BCUT2D eigenvalue weighted by Crippen LogP contribution is 2.21. The van der Waals surface area contributed by atoms with E-state index in [1.165, 1.54) is 0 Å². The first-order chi connectivity index (χ1) is 8.40. The highest BCUT2D eigenvalue weighted by Gasteiger charge is 2.25. The lowest BCUT2D eigenvalue weighted by molar-refractivity contribution is -0.135. The summed E-state index contributed by atoms with van der Waals surface area (Å²) in [5.41, 5.74) is 0.550. The minimum Gasteiger partial charge on any atom is -0.352 e. The number of halogens is 4. The maximum atomic E-state index is 11.9. The summed E-state index contributed by atoms with van der Waals surface area (Å²) in [5.74, 6) is -0.244. The molecule has 0 fully saturated rings. The number of hydrogen-bond donors (Lipinski definition) is 1. The smallest absolute Gasteiger partial charge is 0.352 e. The zero-order valence-corrected chi connectivity index (χ0v) is 11.7. The second kappa shape index (κ2) is 6.96. The van der Waals surface area contributed by atoms with Crippen LogP contribution in [0.2, 0.25) is 0 Å². The van der Waals surface area contributed by atoms with Crippen LogP contribution in [0, 0.1) is 3.57 Å². The van der Waals surface area contributed by atoms with E-state index in [0.29, 0.717) is 12.0 Å². The van der Waals surface area contributed by atoms with Crippen molar-refractivity contribution >= 4 is 28.5 Å². The van der Waals surface area contributed by atoms with Gasteiger partial charge in [0.05, 0.1) is 5.56 Å². The Labute approximate surface area is 117 Å². The van der Waals surface area contributed by atoms with Gasteiger partial charge < -0.3 is 5.32 Å². The molecular weight excluding hydrogens is 358 g/mol. The molecule has 0 aliphatic carbocycles. The van der Waals surface area contributed by atoms with E-state index in [1.807, 2.05) is 28.7 Å². The number of carbonyl (C=O) groups is 1. The van der Waals surface area contributed by atoms with E-state index in [2.05, 4.69) is 5.32 Å². The van der Waals surface area contributed by atoms with Gasteiger partial charge in [0.15, 0.2) is 0 Å². The Kier molecular flexibility index (Phi) is 5.90. The molecular formula is C12H13F3INO. The summed E-state index contributed by atoms with van der Waals surface area (Å²) in [6.07, 6.45) is -4.55. The number of carbonyl (C=O) groups excluding carboxylic acids is 1. The average molecular weight is 371 g/mol. The third kappa shape index (κ3) is 5.70. The van der Waals surface area contributed by atoms with Crippen molar-refractivity contribution in [2.75, 3.05) is 6.54 Å². The molecule has 0 spiro atoms. The molecule has 0 aliphatic heterocycles. The zero-order valence-electron chi connectivity index (χ0n) is 9.56. The van der Waals surface area contributed by atoms with Crippen LogP contribution >= 0.6 is 22.6 Å². The second-order valence-electron chi connectivity index (χ2n) is 3.81. The standard InChI is InChI=1S/C12H13F3INO/c13-12(14,15)7-3-4-8-17-11(18)9-5-1-2-6-10(9)16/h1-2,5-6H,3-4,7-8H2,(H,17,18). The van der Waals surface area contributed by atoms with Gasteiger partial charge in [-0.2, -0.15) is 13.2 Å². The molecule has 6 heteroatoms. The Morgan fingerprint density at radius 2 is 1.89 bits per heavy atom. The van der Waals surface area contributed by atoms with Crippen LogP contribution < -0.4 is 5.32 Å². The van der Waals surface area contributed by atoms with Gasteiger partial charge in [-0.1, -0.05) is 12.1 Å². The third-order valence-corrected chi connectivity index (χ3v) is 3.23. The molecule has 2 nitrogen and oxygen atoms in total. The van der Waals surface area contributed by atoms with E-state index in [4.69, 9.17) is 0 Å². The van der Waals surface area contributed by atoms with Gasteiger partial charge in [-0.25, -0.2) is 0 Å². The summed E-state index contributed by atoms with van der Waals surface area (Å²) in [4.78, 5) is 11.7. The van der Waals surface area contributed by atoms with Crippen molar-refractivity contribution in [3.05, 3.63) is 33.4 Å². The first-order valence-corrected chi connectivity index (χ1v) is 6.57. The van der Waals surface area contributed by atoms with Gasteiger partial charge in [0.1, 0.15) is 0 Å². The number of amides is 1. The van der Waals surface area contributed by atoms with Crippen molar-refractivity contribution in [2.45, 2.75) is 25.4 Å². The van der Waals surface area contributed by atoms with E-state index in [9.17, 15) is 18.0 Å². The maximum absolute atomic E-state index is 11.9. The van der Waals surface area contributed by atoms with Gasteiger partial charge in [-0.05, 0) is 47.6 Å². The SMILES string of the molecule is O=C(NCCCCC(F)(F)F)c1ccccc1I. The largest absolute Gasteiger partial charge is 0.389 e. The molecule has 1 amide bonds. The van der Waals surface area contributed by atoms with E-state index >= 15 is 0 Å². The van der Waals surface area contributed by atoms with Crippen molar-refractivity contribution in [3.8, 4) is 0 Å². The van der Waals surface area contributed by atoms with Crippen LogP contribution in [-0.4, -0.2) is 18.6 Å². The van der Waals surface area contributed by atoms with Crippen molar-refractivity contribution in [1.29, 1.82) is 0 Å². The zero-order chi connectivity index (χ0) is 13.6. The van der Waals surface area contributed by atoms with Crippen LogP contribution in [0.15, 0.2) is 24.3 Å². The number of benzene rings is 1. The predicted octanol–water partition coefficient (Wildman–Crippen LogP) is 3.75. The summed E-state index contributed by atoms with van der Waals surface area (Å²) >= 11 is 2.04. The van der Waals surface area contributed by atoms with Gasteiger partial charge in [0.2, 0.25) is 0 Å². The molecule has 1 N–H and O–H groups in total. The Balaban J connectivity index is 2.28. The normalized spacial score (nSPS) is 11.3. The minimum absolute atomic E-state index is 0.0374. The summed E-state index contributed by atoms with van der Waals surface area (Å²) in [6, 6.07) is 7.06. The predicted molar refractivity (Wildman–Crippen MR) is 71.4 cm³/mol. The molecule has 0 atom stereocenters. The molecule has 0 saturated carbocycles. The first kappa shape index (κ1) is 15.3. The minimum atomic E-state index is -4.11. The highest BCUT2D eigenvalue weighted by molar-refractivity contribution is 14.1. The van der Waals surface area contributed by atoms with Crippen molar-refractivity contribution in [2.24, 2.45) is 0 Å². The molecule has 1 rings (SSSR count). The van der Waals surface area contributed by atoms with Gasteiger partial charge in [-0.15, -0.1) is 0 Å². The number of hydrogen-bond acceptors (Lipinski definition) is 1. The lowest BCUT2D eigenvalue weighted by Crippen LogP contribution is -2.25. The second-order valence-corrected chi connectivity index (χ2v) is 4.97. The molecule has 0 bridgehead atoms. The lowest BCUT2D eigenvalue weighted by Gasteiger charge is -2.08. The molecule has 0 heterocycles. The molecule has 18 heavy (non-hydrogen) atoms. The summed E-state index contributed by atoms with van der Waals surface area (Å²) in [5, 5.41) is 2.61. The molecule has 100 valence electrons. The Hall–Kier alpha value is -0.790. The Morgan fingerprint density at radius 3 is 2.50 bits per heavy atom. The first-order valence-electron chi connectivity index (χ1n) is 5.49. The van der Waals surface area contributed by atoms with E-state index < -0.39 is 12.6 Å². The number of rotatable bonds is 5. The van der Waals surface area contributed by atoms with Crippen LogP contribution in [0.3, 0.4) is 0 Å². The molecule has 1 aromatic carbocycles. The average Bonchev–Trinajstić information content (AvgIpc) is 2.27. The topological polar surface area (TPSA) is 29.1 Å².